The van der Waals surface area contributed by atoms with Crippen molar-refractivity contribution in [2.24, 2.45) is 17.3 Å². The molecule has 118 valence electrons. The van der Waals surface area contributed by atoms with Gasteiger partial charge in [0.1, 0.15) is 0 Å². The number of hydrogen-bond acceptors (Lipinski definition) is 2. The maximum absolute atomic E-state index is 3.96. The highest BCUT2D eigenvalue weighted by Gasteiger charge is 2.34. The smallest absolute Gasteiger partial charge is 0.0100 e. The zero-order valence-electron chi connectivity index (χ0n) is 14.3. The summed E-state index contributed by atoms with van der Waals surface area (Å²) in [6, 6.07) is 0.771. The normalized spacial score (nSPS) is 30.6. The third-order valence-corrected chi connectivity index (χ3v) is 5.70. The summed E-state index contributed by atoms with van der Waals surface area (Å²) in [7, 11) is 0. The number of likely N-dealkylation sites (tertiary alicyclic amines) is 1. The Bertz CT molecular complexity index is 274. The number of piperidine rings is 1. The molecule has 1 saturated heterocycles. The largest absolute Gasteiger partial charge is 0.313 e. The minimum Gasteiger partial charge on any atom is -0.313 e. The van der Waals surface area contributed by atoms with Gasteiger partial charge in [-0.2, -0.15) is 0 Å². The Balaban J connectivity index is 1.77. The minimum absolute atomic E-state index is 0.462. The van der Waals surface area contributed by atoms with Gasteiger partial charge >= 0.3 is 0 Å². The molecule has 1 aliphatic carbocycles. The molecular formula is C18H36N2. The SMILES string of the molecule is CCN1CCC(CNC2CCCCC2C(C)(C)C)CC1. The van der Waals surface area contributed by atoms with E-state index in [-0.39, 0.29) is 0 Å². The van der Waals surface area contributed by atoms with Crippen LogP contribution < -0.4 is 5.32 Å². The molecule has 0 aromatic carbocycles. The lowest BCUT2D eigenvalue weighted by Crippen LogP contribution is -2.47. The summed E-state index contributed by atoms with van der Waals surface area (Å²) in [5.74, 6) is 1.78. The Labute approximate surface area is 126 Å². The Morgan fingerprint density at radius 3 is 2.25 bits per heavy atom. The third-order valence-electron chi connectivity index (χ3n) is 5.70. The van der Waals surface area contributed by atoms with Gasteiger partial charge in [0.05, 0.1) is 0 Å². The molecule has 0 radical (unpaired) electrons. The van der Waals surface area contributed by atoms with E-state index in [9.17, 15) is 0 Å². The van der Waals surface area contributed by atoms with Crippen molar-refractivity contribution in [3.05, 3.63) is 0 Å². The van der Waals surface area contributed by atoms with E-state index >= 15 is 0 Å². The molecule has 0 aromatic rings. The fraction of sp³-hybridized carbons (Fsp3) is 1.00. The minimum atomic E-state index is 0.462. The first-order valence-corrected chi connectivity index (χ1v) is 8.96. The van der Waals surface area contributed by atoms with Gasteiger partial charge in [0.15, 0.2) is 0 Å². The quantitative estimate of drug-likeness (QED) is 0.840. The van der Waals surface area contributed by atoms with E-state index in [0.29, 0.717) is 5.41 Å². The van der Waals surface area contributed by atoms with E-state index < -0.39 is 0 Å². The van der Waals surface area contributed by atoms with Crippen LogP contribution in [0.25, 0.3) is 0 Å². The molecule has 0 spiro atoms. The standard InChI is InChI=1S/C18H36N2/c1-5-20-12-10-15(11-13-20)14-19-17-9-7-6-8-16(17)18(2,3)4/h15-17,19H,5-14H2,1-4H3. The van der Waals surface area contributed by atoms with Gasteiger partial charge in [-0.3, -0.25) is 0 Å². The zero-order valence-corrected chi connectivity index (χ0v) is 14.3. The number of rotatable bonds is 4. The van der Waals surface area contributed by atoms with E-state index in [4.69, 9.17) is 0 Å². The van der Waals surface area contributed by atoms with Gasteiger partial charge in [0.25, 0.3) is 0 Å². The molecule has 2 heteroatoms. The maximum Gasteiger partial charge on any atom is 0.0100 e. The number of hydrogen-bond donors (Lipinski definition) is 1. The lowest BCUT2D eigenvalue weighted by molar-refractivity contribution is 0.120. The molecule has 2 unspecified atom stereocenters. The fourth-order valence-electron chi connectivity index (χ4n) is 4.24. The van der Waals surface area contributed by atoms with E-state index in [0.717, 1.165) is 17.9 Å². The van der Waals surface area contributed by atoms with Crippen molar-refractivity contribution in [3.8, 4) is 0 Å². The van der Waals surface area contributed by atoms with Gasteiger partial charge in [-0.15, -0.1) is 0 Å². The average Bonchev–Trinajstić information content (AvgIpc) is 2.45. The molecule has 0 aromatic heterocycles. The van der Waals surface area contributed by atoms with Crippen molar-refractivity contribution in [1.82, 2.24) is 10.2 Å². The van der Waals surface area contributed by atoms with Crippen molar-refractivity contribution < 1.29 is 0 Å². The average molecular weight is 280 g/mol. The molecule has 2 aliphatic rings. The molecule has 20 heavy (non-hydrogen) atoms. The second-order valence-corrected chi connectivity index (χ2v) is 8.15. The highest BCUT2D eigenvalue weighted by molar-refractivity contribution is 4.89. The summed E-state index contributed by atoms with van der Waals surface area (Å²) < 4.78 is 0. The van der Waals surface area contributed by atoms with E-state index in [1.165, 1.54) is 64.7 Å². The van der Waals surface area contributed by atoms with Crippen molar-refractivity contribution in [2.45, 2.75) is 72.3 Å². The highest BCUT2D eigenvalue weighted by Crippen LogP contribution is 2.38. The van der Waals surface area contributed by atoms with E-state index in [2.05, 4.69) is 37.9 Å². The maximum atomic E-state index is 3.96. The van der Waals surface area contributed by atoms with Gasteiger partial charge in [-0.05, 0) is 69.1 Å². The summed E-state index contributed by atoms with van der Waals surface area (Å²) in [5.41, 5.74) is 0.462. The Kier molecular flexibility index (Phi) is 5.92. The molecule has 2 fully saturated rings. The molecule has 1 aliphatic heterocycles. The zero-order chi connectivity index (χ0) is 14.6. The summed E-state index contributed by atoms with van der Waals surface area (Å²) in [5, 5.41) is 3.96. The molecule has 1 N–H and O–H groups in total. The van der Waals surface area contributed by atoms with E-state index in [1.54, 1.807) is 0 Å². The lowest BCUT2D eigenvalue weighted by atomic mass is 9.69. The lowest BCUT2D eigenvalue weighted by Gasteiger charge is -2.42. The van der Waals surface area contributed by atoms with Crippen LogP contribution in [0.5, 0.6) is 0 Å². The molecule has 0 amide bonds. The van der Waals surface area contributed by atoms with Crippen LogP contribution in [0, 0.1) is 17.3 Å². The van der Waals surface area contributed by atoms with Crippen LogP contribution in [0.3, 0.4) is 0 Å². The first kappa shape index (κ1) is 16.3. The summed E-state index contributed by atoms with van der Waals surface area (Å²) in [4.78, 5) is 2.59. The Morgan fingerprint density at radius 1 is 1.00 bits per heavy atom. The summed E-state index contributed by atoms with van der Waals surface area (Å²) in [6.07, 6.45) is 8.49. The molecule has 2 nitrogen and oxygen atoms in total. The summed E-state index contributed by atoms with van der Waals surface area (Å²) in [6.45, 7) is 14.7. The predicted molar refractivity (Wildman–Crippen MR) is 88.0 cm³/mol. The molecular weight excluding hydrogens is 244 g/mol. The topological polar surface area (TPSA) is 15.3 Å². The van der Waals surface area contributed by atoms with Crippen LogP contribution in [-0.2, 0) is 0 Å². The van der Waals surface area contributed by atoms with Crippen LogP contribution in [-0.4, -0.2) is 37.1 Å². The Morgan fingerprint density at radius 2 is 1.65 bits per heavy atom. The predicted octanol–water partition coefficient (Wildman–Crippen LogP) is 3.91. The van der Waals surface area contributed by atoms with Gasteiger partial charge in [-0.25, -0.2) is 0 Å². The first-order chi connectivity index (χ1) is 9.50. The molecule has 2 rings (SSSR count). The molecule has 2 atom stereocenters. The monoisotopic (exact) mass is 280 g/mol. The van der Waals surface area contributed by atoms with Crippen molar-refractivity contribution in [3.63, 3.8) is 0 Å². The molecule has 1 heterocycles. The number of nitrogens with one attached hydrogen (secondary N) is 1. The molecule has 0 bridgehead atoms. The van der Waals surface area contributed by atoms with Gasteiger partial charge in [0.2, 0.25) is 0 Å². The Hall–Kier alpha value is -0.0800. The number of nitrogens with zero attached hydrogens (tertiary/aromatic N) is 1. The highest BCUT2D eigenvalue weighted by atomic mass is 15.1. The van der Waals surface area contributed by atoms with Crippen molar-refractivity contribution >= 4 is 0 Å². The van der Waals surface area contributed by atoms with Gasteiger partial charge < -0.3 is 10.2 Å². The third kappa shape index (κ3) is 4.46. The van der Waals surface area contributed by atoms with Crippen LogP contribution in [0.4, 0.5) is 0 Å². The van der Waals surface area contributed by atoms with Crippen LogP contribution in [0.15, 0.2) is 0 Å². The molecule has 1 saturated carbocycles. The first-order valence-electron chi connectivity index (χ1n) is 8.96. The fourth-order valence-corrected chi connectivity index (χ4v) is 4.24. The summed E-state index contributed by atoms with van der Waals surface area (Å²) >= 11 is 0. The van der Waals surface area contributed by atoms with E-state index in [1.807, 2.05) is 0 Å². The van der Waals surface area contributed by atoms with Gasteiger partial charge in [-0.1, -0.05) is 40.5 Å². The van der Waals surface area contributed by atoms with Crippen molar-refractivity contribution in [2.75, 3.05) is 26.2 Å². The van der Waals surface area contributed by atoms with Crippen LogP contribution >= 0.6 is 0 Å². The van der Waals surface area contributed by atoms with Crippen LogP contribution in [0.2, 0.25) is 0 Å². The second-order valence-electron chi connectivity index (χ2n) is 8.15. The van der Waals surface area contributed by atoms with Crippen molar-refractivity contribution in [1.29, 1.82) is 0 Å². The van der Waals surface area contributed by atoms with Gasteiger partial charge in [0, 0.05) is 6.04 Å². The second kappa shape index (κ2) is 7.26. The van der Waals surface area contributed by atoms with Crippen LogP contribution in [0.1, 0.15) is 66.2 Å².